The molecular formula is C17H22ClF2N3OS. The molecule has 1 aromatic rings. The average Bonchev–Trinajstić information content (AvgIpc) is 3.16. The minimum Gasteiger partial charge on any atom is -0.350 e. The molecule has 0 radical (unpaired) electrons. The third-order valence-corrected chi connectivity index (χ3v) is 5.70. The van der Waals surface area contributed by atoms with Crippen molar-refractivity contribution in [2.75, 3.05) is 18.1 Å². The summed E-state index contributed by atoms with van der Waals surface area (Å²) >= 11 is 1.67. The Bertz CT molecular complexity index is 653. The van der Waals surface area contributed by atoms with E-state index in [1.54, 1.807) is 11.8 Å². The third kappa shape index (κ3) is 5.07. The Kier molecular flexibility index (Phi) is 7.07. The van der Waals surface area contributed by atoms with Gasteiger partial charge in [0.2, 0.25) is 5.91 Å². The van der Waals surface area contributed by atoms with Gasteiger partial charge >= 0.3 is 0 Å². The van der Waals surface area contributed by atoms with Crippen LogP contribution in [0, 0.1) is 11.6 Å². The number of aliphatic imine (C=N–C) groups is 1. The summed E-state index contributed by atoms with van der Waals surface area (Å²) in [4.78, 5) is 19.0. The topological polar surface area (TPSA) is 44.7 Å². The zero-order chi connectivity index (χ0) is 17.1. The average molecular weight is 390 g/mol. The second-order valence-corrected chi connectivity index (χ2v) is 7.29. The van der Waals surface area contributed by atoms with Crippen LogP contribution in [0.25, 0.3) is 0 Å². The van der Waals surface area contributed by atoms with E-state index in [1.165, 1.54) is 18.9 Å². The van der Waals surface area contributed by atoms with Crippen molar-refractivity contribution in [2.24, 2.45) is 4.99 Å². The maximum absolute atomic E-state index is 13.6. The number of thioether (sulfide) groups is 1. The number of benzene rings is 1. The van der Waals surface area contributed by atoms with Crippen LogP contribution >= 0.6 is 24.2 Å². The monoisotopic (exact) mass is 389 g/mol. The van der Waals surface area contributed by atoms with E-state index in [2.05, 4.69) is 5.32 Å². The Morgan fingerprint density at radius 1 is 1.36 bits per heavy atom. The van der Waals surface area contributed by atoms with Gasteiger partial charge in [0.25, 0.3) is 0 Å². The number of nitrogens with zero attached hydrogens (tertiary/aromatic N) is 2. The van der Waals surface area contributed by atoms with Gasteiger partial charge in [0.15, 0.2) is 5.17 Å². The number of rotatable bonds is 4. The fourth-order valence-corrected chi connectivity index (χ4v) is 4.32. The molecule has 1 N–H and O–H groups in total. The van der Waals surface area contributed by atoms with Crippen molar-refractivity contribution in [3.05, 3.63) is 29.8 Å². The van der Waals surface area contributed by atoms with E-state index in [0.717, 1.165) is 35.9 Å². The van der Waals surface area contributed by atoms with Crippen LogP contribution in [0.2, 0.25) is 0 Å². The fourth-order valence-electron chi connectivity index (χ4n) is 3.06. The maximum Gasteiger partial charge on any atom is 0.226 e. The molecule has 1 amide bonds. The Morgan fingerprint density at radius 3 is 2.76 bits per heavy atom. The lowest BCUT2D eigenvalue weighted by Crippen LogP contribution is -2.34. The van der Waals surface area contributed by atoms with Crippen molar-refractivity contribution in [1.82, 2.24) is 4.90 Å². The van der Waals surface area contributed by atoms with Crippen LogP contribution < -0.4 is 5.32 Å². The minimum absolute atomic E-state index is 0. The number of nitrogens with one attached hydrogen (secondary N) is 1. The summed E-state index contributed by atoms with van der Waals surface area (Å²) in [6, 6.07) is 3.58. The van der Waals surface area contributed by atoms with Crippen LogP contribution in [0.1, 0.15) is 32.1 Å². The molecule has 1 aromatic carbocycles. The van der Waals surface area contributed by atoms with Crippen LogP contribution in [0.4, 0.5) is 14.5 Å². The van der Waals surface area contributed by atoms with Crippen LogP contribution in [0.5, 0.6) is 0 Å². The summed E-state index contributed by atoms with van der Waals surface area (Å²) in [5.41, 5.74) is 0.00884. The normalized spacial score (nSPS) is 22.3. The molecule has 138 valence electrons. The molecule has 0 spiro atoms. The Labute approximate surface area is 156 Å². The summed E-state index contributed by atoms with van der Waals surface area (Å²) in [6.45, 7) is 0. The predicted octanol–water partition coefficient (Wildman–Crippen LogP) is 4.06. The molecule has 1 saturated carbocycles. The van der Waals surface area contributed by atoms with Crippen molar-refractivity contribution in [1.29, 1.82) is 0 Å². The zero-order valence-electron chi connectivity index (χ0n) is 14.0. The minimum atomic E-state index is -0.763. The highest BCUT2D eigenvalue weighted by atomic mass is 35.5. The molecule has 1 saturated heterocycles. The fraction of sp³-hybridized carbons (Fsp3) is 0.529. The van der Waals surface area contributed by atoms with Gasteiger partial charge in [-0.1, -0.05) is 24.6 Å². The Balaban J connectivity index is 0.00000225. The second-order valence-electron chi connectivity index (χ2n) is 6.30. The first-order chi connectivity index (χ1) is 11.5. The van der Waals surface area contributed by atoms with E-state index in [1.807, 2.05) is 11.9 Å². The number of halogens is 3. The van der Waals surface area contributed by atoms with E-state index in [4.69, 9.17) is 4.99 Å². The molecule has 25 heavy (non-hydrogen) atoms. The molecule has 8 heteroatoms. The number of carbonyl (C=O) groups is 1. The van der Waals surface area contributed by atoms with Crippen LogP contribution in [0.3, 0.4) is 0 Å². The highest BCUT2D eigenvalue weighted by Crippen LogP contribution is 2.29. The van der Waals surface area contributed by atoms with E-state index in [9.17, 15) is 13.6 Å². The number of anilines is 1. The first-order valence-electron chi connectivity index (χ1n) is 8.21. The molecule has 1 aliphatic heterocycles. The summed E-state index contributed by atoms with van der Waals surface area (Å²) in [5.74, 6) is -0.910. The largest absolute Gasteiger partial charge is 0.350 e. The van der Waals surface area contributed by atoms with Crippen LogP contribution in [-0.4, -0.2) is 40.9 Å². The highest BCUT2D eigenvalue weighted by molar-refractivity contribution is 8.14. The number of hydrogen-bond acceptors (Lipinski definition) is 3. The SMILES string of the molecule is CN1/C(=N/C2CCCC2)SCC1CC(=O)Nc1ccc(F)cc1F.Cl. The summed E-state index contributed by atoms with van der Waals surface area (Å²) in [7, 11) is 1.95. The first kappa shape index (κ1) is 20.0. The van der Waals surface area contributed by atoms with Gasteiger partial charge in [-0.05, 0) is 25.0 Å². The second kappa shape index (κ2) is 8.85. The van der Waals surface area contributed by atoms with E-state index in [0.29, 0.717) is 6.04 Å². The predicted molar refractivity (Wildman–Crippen MR) is 101 cm³/mol. The summed E-state index contributed by atoms with van der Waals surface area (Å²) in [6.07, 6.45) is 5.03. The lowest BCUT2D eigenvalue weighted by atomic mass is 10.2. The van der Waals surface area contributed by atoms with Crippen LogP contribution in [0.15, 0.2) is 23.2 Å². The highest BCUT2D eigenvalue weighted by Gasteiger charge is 2.30. The molecule has 1 heterocycles. The van der Waals surface area contributed by atoms with Gasteiger partial charge in [-0.15, -0.1) is 12.4 Å². The van der Waals surface area contributed by atoms with Gasteiger partial charge < -0.3 is 10.2 Å². The standard InChI is InChI=1S/C17H21F2N3OS.ClH/c1-22-13(10-24-17(22)20-12-4-2-3-5-12)9-16(23)21-15-7-6-11(18)8-14(15)19;/h6-8,12-13H,2-5,9-10H2,1H3,(H,21,23);1H/b20-17-;. The molecule has 2 aliphatic rings. The van der Waals surface area contributed by atoms with Crippen molar-refractivity contribution in [2.45, 2.75) is 44.2 Å². The van der Waals surface area contributed by atoms with Crippen LogP contribution in [-0.2, 0) is 4.79 Å². The lowest BCUT2D eigenvalue weighted by molar-refractivity contribution is -0.116. The first-order valence-corrected chi connectivity index (χ1v) is 9.20. The maximum atomic E-state index is 13.6. The van der Waals surface area contributed by atoms with Gasteiger partial charge in [-0.25, -0.2) is 8.78 Å². The lowest BCUT2D eigenvalue weighted by Gasteiger charge is -2.21. The quantitative estimate of drug-likeness (QED) is 0.844. The van der Waals surface area contributed by atoms with Crippen molar-refractivity contribution in [3.8, 4) is 0 Å². The number of hydrogen-bond donors (Lipinski definition) is 1. The molecule has 1 unspecified atom stereocenters. The molecule has 0 bridgehead atoms. The molecule has 4 nitrogen and oxygen atoms in total. The number of amidine groups is 1. The molecule has 1 atom stereocenters. The zero-order valence-corrected chi connectivity index (χ0v) is 15.6. The van der Waals surface area contributed by atoms with Gasteiger partial charge in [0.1, 0.15) is 11.6 Å². The van der Waals surface area contributed by atoms with Crippen molar-refractivity contribution >= 4 is 40.9 Å². The smallest absolute Gasteiger partial charge is 0.226 e. The van der Waals surface area contributed by atoms with Crippen molar-refractivity contribution in [3.63, 3.8) is 0 Å². The van der Waals surface area contributed by atoms with Gasteiger partial charge in [0, 0.05) is 31.3 Å². The molecule has 0 aromatic heterocycles. The Morgan fingerprint density at radius 2 is 2.08 bits per heavy atom. The number of amides is 1. The van der Waals surface area contributed by atoms with E-state index in [-0.39, 0.29) is 36.5 Å². The molecule has 2 fully saturated rings. The molecule has 3 rings (SSSR count). The Hall–Kier alpha value is -1.34. The summed E-state index contributed by atoms with van der Waals surface area (Å²) < 4.78 is 26.5. The summed E-state index contributed by atoms with van der Waals surface area (Å²) in [5, 5.41) is 3.51. The number of carbonyl (C=O) groups excluding carboxylic acids is 1. The van der Waals surface area contributed by atoms with E-state index >= 15 is 0 Å². The third-order valence-electron chi connectivity index (χ3n) is 4.50. The van der Waals surface area contributed by atoms with E-state index < -0.39 is 11.6 Å². The molecular weight excluding hydrogens is 368 g/mol. The van der Waals surface area contributed by atoms with Gasteiger partial charge in [-0.3, -0.25) is 9.79 Å². The molecule has 1 aliphatic carbocycles. The van der Waals surface area contributed by atoms with Gasteiger partial charge in [-0.2, -0.15) is 0 Å². The van der Waals surface area contributed by atoms with Crippen molar-refractivity contribution < 1.29 is 13.6 Å². The van der Waals surface area contributed by atoms with Gasteiger partial charge in [0.05, 0.1) is 11.7 Å².